The Kier molecular flexibility index (Phi) is 5.71. The van der Waals surface area contributed by atoms with E-state index in [0.717, 1.165) is 25.0 Å². The maximum Gasteiger partial charge on any atom is 0.416 e. The number of hydrogen-bond acceptors (Lipinski definition) is 3. The number of unbranched alkanes of at least 4 members (excludes halogenated alkanes) is 1. The number of carbonyl (C=O) groups is 2. The number of hydrogen-bond donors (Lipinski definition) is 1. The van der Waals surface area contributed by atoms with Crippen molar-refractivity contribution in [2.45, 2.75) is 39.0 Å². The number of benzene rings is 1. The molecular weight excluding hydrogens is 373 g/mol. The van der Waals surface area contributed by atoms with Crippen molar-refractivity contribution in [3.05, 3.63) is 52.8 Å². The molecule has 0 spiro atoms. The molecule has 1 N–H and O–H groups in total. The van der Waals surface area contributed by atoms with Crippen LogP contribution in [0.4, 0.5) is 13.2 Å². The monoisotopic (exact) mass is 394 g/mol. The second-order valence-corrected chi connectivity index (χ2v) is 6.67. The summed E-state index contributed by atoms with van der Waals surface area (Å²) < 4.78 is 39.5. The minimum atomic E-state index is -4.39. The summed E-state index contributed by atoms with van der Waals surface area (Å²) in [7, 11) is 0. The highest BCUT2D eigenvalue weighted by molar-refractivity contribution is 5.98. The van der Waals surface area contributed by atoms with Crippen molar-refractivity contribution in [3.8, 4) is 0 Å². The van der Waals surface area contributed by atoms with Crippen molar-refractivity contribution in [1.29, 1.82) is 0 Å². The van der Waals surface area contributed by atoms with Gasteiger partial charge in [-0.3, -0.25) is 14.3 Å². The number of nitrogens with one attached hydrogen (secondary N) is 1. The highest BCUT2D eigenvalue weighted by Gasteiger charge is 2.31. The standard InChI is InChI=1S/C19H21F3N4O2/c1-2-3-8-23-17(27)15-11-16-18(28)25(9-10-26(16)24-15)12-13-4-6-14(7-5-13)19(20,21)22/h4-7,11H,2-3,8-10,12H2,1H3,(H,23,27). The van der Waals surface area contributed by atoms with Crippen LogP contribution in [0.2, 0.25) is 0 Å². The fourth-order valence-corrected chi connectivity index (χ4v) is 2.99. The van der Waals surface area contributed by atoms with E-state index in [1.165, 1.54) is 22.9 Å². The number of carbonyl (C=O) groups excluding carboxylic acids is 2. The molecule has 0 unspecified atom stereocenters. The zero-order valence-corrected chi connectivity index (χ0v) is 15.4. The lowest BCUT2D eigenvalue weighted by Crippen LogP contribution is -2.39. The summed E-state index contributed by atoms with van der Waals surface area (Å²) in [4.78, 5) is 26.4. The van der Waals surface area contributed by atoms with Gasteiger partial charge in [0.1, 0.15) is 5.69 Å². The fraction of sp³-hybridized carbons (Fsp3) is 0.421. The van der Waals surface area contributed by atoms with Crippen molar-refractivity contribution >= 4 is 11.8 Å². The van der Waals surface area contributed by atoms with E-state index in [0.29, 0.717) is 30.9 Å². The number of halogens is 3. The number of alkyl halides is 3. The largest absolute Gasteiger partial charge is 0.416 e. The Morgan fingerprint density at radius 3 is 2.57 bits per heavy atom. The Bertz CT molecular complexity index is 859. The van der Waals surface area contributed by atoms with E-state index in [9.17, 15) is 22.8 Å². The van der Waals surface area contributed by atoms with E-state index in [1.807, 2.05) is 6.92 Å². The van der Waals surface area contributed by atoms with Gasteiger partial charge in [-0.2, -0.15) is 18.3 Å². The summed E-state index contributed by atoms with van der Waals surface area (Å²) >= 11 is 0. The zero-order chi connectivity index (χ0) is 20.3. The minimum Gasteiger partial charge on any atom is -0.351 e. The van der Waals surface area contributed by atoms with Crippen molar-refractivity contribution in [2.75, 3.05) is 13.1 Å². The van der Waals surface area contributed by atoms with Gasteiger partial charge in [-0.1, -0.05) is 25.5 Å². The van der Waals surface area contributed by atoms with Gasteiger partial charge in [-0.05, 0) is 24.1 Å². The Balaban J connectivity index is 1.68. The molecule has 1 aromatic carbocycles. The van der Waals surface area contributed by atoms with Crippen LogP contribution in [0.3, 0.4) is 0 Å². The molecule has 1 aliphatic rings. The van der Waals surface area contributed by atoms with Crippen LogP contribution >= 0.6 is 0 Å². The van der Waals surface area contributed by atoms with Gasteiger partial charge < -0.3 is 10.2 Å². The molecule has 3 rings (SSSR count). The molecule has 0 saturated heterocycles. The smallest absolute Gasteiger partial charge is 0.351 e. The first-order valence-corrected chi connectivity index (χ1v) is 9.11. The number of aromatic nitrogens is 2. The van der Waals surface area contributed by atoms with Crippen LogP contribution in [-0.2, 0) is 19.3 Å². The van der Waals surface area contributed by atoms with Gasteiger partial charge in [0.15, 0.2) is 5.69 Å². The third-order valence-corrected chi connectivity index (χ3v) is 4.57. The molecular formula is C19H21F3N4O2. The first kappa shape index (κ1) is 19.9. The van der Waals surface area contributed by atoms with E-state index in [2.05, 4.69) is 10.4 Å². The second kappa shape index (κ2) is 8.04. The first-order chi connectivity index (χ1) is 13.3. The van der Waals surface area contributed by atoms with Gasteiger partial charge in [0.05, 0.1) is 12.1 Å². The summed E-state index contributed by atoms with van der Waals surface area (Å²) in [5.74, 6) is -0.622. The summed E-state index contributed by atoms with van der Waals surface area (Å²) in [5, 5.41) is 6.95. The molecule has 6 nitrogen and oxygen atoms in total. The van der Waals surface area contributed by atoms with Gasteiger partial charge >= 0.3 is 6.18 Å². The first-order valence-electron chi connectivity index (χ1n) is 9.11. The fourth-order valence-electron chi connectivity index (χ4n) is 2.99. The lowest BCUT2D eigenvalue weighted by molar-refractivity contribution is -0.137. The molecule has 0 radical (unpaired) electrons. The van der Waals surface area contributed by atoms with E-state index < -0.39 is 11.7 Å². The summed E-state index contributed by atoms with van der Waals surface area (Å²) in [5.41, 5.74) is 0.375. The zero-order valence-electron chi connectivity index (χ0n) is 15.4. The number of fused-ring (bicyclic) bond motifs is 1. The van der Waals surface area contributed by atoms with E-state index in [-0.39, 0.29) is 24.1 Å². The van der Waals surface area contributed by atoms with Crippen molar-refractivity contribution in [1.82, 2.24) is 20.0 Å². The molecule has 28 heavy (non-hydrogen) atoms. The van der Waals surface area contributed by atoms with Crippen molar-refractivity contribution in [2.24, 2.45) is 0 Å². The van der Waals surface area contributed by atoms with Gasteiger partial charge in [-0.15, -0.1) is 0 Å². The van der Waals surface area contributed by atoms with Crippen LogP contribution in [0, 0.1) is 0 Å². The van der Waals surface area contributed by atoms with Crippen LogP contribution in [0.15, 0.2) is 30.3 Å². The highest BCUT2D eigenvalue weighted by Crippen LogP contribution is 2.29. The molecule has 0 aliphatic carbocycles. The maximum absolute atomic E-state index is 12.7. The number of nitrogens with zero attached hydrogens (tertiary/aromatic N) is 3. The Morgan fingerprint density at radius 2 is 1.93 bits per heavy atom. The van der Waals surface area contributed by atoms with Crippen molar-refractivity contribution in [3.63, 3.8) is 0 Å². The molecule has 1 aromatic heterocycles. The van der Waals surface area contributed by atoms with Crippen LogP contribution < -0.4 is 5.32 Å². The van der Waals surface area contributed by atoms with E-state index >= 15 is 0 Å². The summed E-state index contributed by atoms with van der Waals surface area (Å²) in [6.45, 7) is 3.55. The molecule has 0 atom stereocenters. The van der Waals surface area contributed by atoms with Gasteiger partial charge in [-0.25, -0.2) is 0 Å². The highest BCUT2D eigenvalue weighted by atomic mass is 19.4. The molecule has 0 saturated carbocycles. The predicted molar refractivity (Wildman–Crippen MR) is 95.7 cm³/mol. The molecule has 0 bridgehead atoms. The average Bonchev–Trinajstić information content (AvgIpc) is 3.09. The molecule has 2 amide bonds. The van der Waals surface area contributed by atoms with Gasteiger partial charge in [0, 0.05) is 25.7 Å². The minimum absolute atomic E-state index is 0.191. The number of rotatable bonds is 6. The van der Waals surface area contributed by atoms with Crippen molar-refractivity contribution < 1.29 is 22.8 Å². The van der Waals surface area contributed by atoms with Crippen LogP contribution in [-0.4, -0.2) is 39.6 Å². The Hall–Kier alpha value is -2.84. The Labute approximate surface area is 160 Å². The lowest BCUT2D eigenvalue weighted by Gasteiger charge is -2.27. The van der Waals surface area contributed by atoms with Gasteiger partial charge in [0.2, 0.25) is 0 Å². The third kappa shape index (κ3) is 4.35. The van der Waals surface area contributed by atoms with Crippen LogP contribution in [0.25, 0.3) is 0 Å². The second-order valence-electron chi connectivity index (χ2n) is 6.67. The third-order valence-electron chi connectivity index (χ3n) is 4.57. The topological polar surface area (TPSA) is 67.2 Å². The molecule has 2 aromatic rings. The van der Waals surface area contributed by atoms with Crippen LogP contribution in [0.5, 0.6) is 0 Å². The molecule has 2 heterocycles. The molecule has 1 aliphatic heterocycles. The Morgan fingerprint density at radius 1 is 1.21 bits per heavy atom. The normalized spacial score (nSPS) is 14.1. The van der Waals surface area contributed by atoms with E-state index in [4.69, 9.17) is 0 Å². The number of amides is 2. The summed E-state index contributed by atoms with van der Waals surface area (Å²) in [6.07, 6.45) is -2.57. The summed E-state index contributed by atoms with van der Waals surface area (Å²) in [6, 6.07) is 6.21. The SMILES string of the molecule is CCCCNC(=O)c1cc2n(n1)CCN(Cc1ccc(C(F)(F)F)cc1)C2=O. The van der Waals surface area contributed by atoms with Crippen LogP contribution in [0.1, 0.15) is 51.9 Å². The molecule has 9 heteroatoms. The molecule has 0 fully saturated rings. The maximum atomic E-state index is 12.7. The van der Waals surface area contributed by atoms with E-state index in [1.54, 1.807) is 4.90 Å². The molecule has 150 valence electrons. The lowest BCUT2D eigenvalue weighted by atomic mass is 10.1. The van der Waals surface area contributed by atoms with Gasteiger partial charge in [0.25, 0.3) is 11.8 Å². The average molecular weight is 394 g/mol. The predicted octanol–water partition coefficient (Wildman–Crippen LogP) is 3.09. The quantitative estimate of drug-likeness (QED) is 0.766.